The minimum atomic E-state index is -0.829. The topological polar surface area (TPSA) is 29.3 Å². The molecule has 0 aliphatic carbocycles. The average molecular weight is 298 g/mol. The van der Waals surface area contributed by atoms with Gasteiger partial charge in [0.15, 0.2) is 11.6 Å². The number of hydrogen-bond acceptors (Lipinski definition) is 2. The molecule has 4 heteroatoms. The number of nitrogens with two attached hydrogens (primary N) is 1. The number of hydrogen-bond donors (Lipinski definition) is 1. The third-order valence-electron chi connectivity index (χ3n) is 3.38. The summed E-state index contributed by atoms with van der Waals surface area (Å²) in [6, 6.07) is 3.73. The van der Waals surface area contributed by atoms with Crippen molar-refractivity contribution in [2.45, 2.75) is 40.2 Å². The quantitative estimate of drug-likeness (QED) is 0.787. The first kappa shape index (κ1) is 18.1. The summed E-state index contributed by atoms with van der Waals surface area (Å²) in [5.74, 6) is -0.495. The van der Waals surface area contributed by atoms with Crippen molar-refractivity contribution < 1.29 is 8.78 Å². The van der Waals surface area contributed by atoms with Crippen LogP contribution in [0.2, 0.25) is 0 Å². The van der Waals surface area contributed by atoms with Crippen LogP contribution in [0.5, 0.6) is 0 Å². The molecule has 2 N–H and O–H groups in total. The average Bonchev–Trinajstić information content (AvgIpc) is 2.37. The van der Waals surface area contributed by atoms with Gasteiger partial charge >= 0.3 is 0 Å². The van der Waals surface area contributed by atoms with E-state index in [-0.39, 0.29) is 5.56 Å². The van der Waals surface area contributed by atoms with E-state index in [0.717, 1.165) is 25.7 Å². The Balaban J connectivity index is 2.63. The van der Waals surface area contributed by atoms with Gasteiger partial charge in [0, 0.05) is 24.7 Å². The van der Waals surface area contributed by atoms with Crippen LogP contribution in [-0.2, 0) is 0 Å². The van der Waals surface area contributed by atoms with E-state index in [0.29, 0.717) is 18.3 Å². The van der Waals surface area contributed by atoms with E-state index in [1.54, 1.807) is 6.07 Å². The SMILES string of the molecule is CC(C)CN(CCC(N)c1cccc(F)c1F)CC(C)C. The summed E-state index contributed by atoms with van der Waals surface area (Å²) >= 11 is 0. The lowest BCUT2D eigenvalue weighted by Crippen LogP contribution is -2.34. The first-order chi connectivity index (χ1) is 9.81. The normalized spacial score (nSPS) is 13.4. The highest BCUT2D eigenvalue weighted by molar-refractivity contribution is 5.22. The zero-order valence-corrected chi connectivity index (χ0v) is 13.6. The van der Waals surface area contributed by atoms with Crippen molar-refractivity contribution in [2.75, 3.05) is 19.6 Å². The van der Waals surface area contributed by atoms with Crippen LogP contribution >= 0.6 is 0 Å². The standard InChI is InChI=1S/C17H28F2N2/c1-12(2)10-21(11-13(3)4)9-8-16(20)14-6-5-7-15(18)17(14)19/h5-7,12-13,16H,8-11,20H2,1-4H3. The predicted molar refractivity (Wildman–Crippen MR) is 84.0 cm³/mol. The van der Waals surface area contributed by atoms with Crippen LogP contribution < -0.4 is 5.73 Å². The number of halogens is 2. The number of benzene rings is 1. The second kappa shape index (κ2) is 8.44. The van der Waals surface area contributed by atoms with E-state index in [2.05, 4.69) is 32.6 Å². The monoisotopic (exact) mass is 298 g/mol. The van der Waals surface area contributed by atoms with Crippen LogP contribution in [0.4, 0.5) is 8.78 Å². The van der Waals surface area contributed by atoms with Gasteiger partial charge in [-0.05, 0) is 30.9 Å². The summed E-state index contributed by atoms with van der Waals surface area (Å²) in [6.07, 6.45) is 0.625. The van der Waals surface area contributed by atoms with Crippen molar-refractivity contribution in [2.24, 2.45) is 17.6 Å². The molecule has 0 radical (unpaired) electrons. The van der Waals surface area contributed by atoms with Crippen LogP contribution in [0.15, 0.2) is 18.2 Å². The number of rotatable bonds is 8. The van der Waals surface area contributed by atoms with E-state index < -0.39 is 17.7 Å². The van der Waals surface area contributed by atoms with Crippen LogP contribution in [0.3, 0.4) is 0 Å². The van der Waals surface area contributed by atoms with Crippen molar-refractivity contribution in [1.29, 1.82) is 0 Å². The molecule has 2 nitrogen and oxygen atoms in total. The Bertz CT molecular complexity index is 423. The molecule has 0 aliphatic rings. The maximum atomic E-state index is 13.7. The molecule has 1 aromatic rings. The molecule has 0 amide bonds. The lowest BCUT2D eigenvalue weighted by Gasteiger charge is -2.27. The zero-order chi connectivity index (χ0) is 16.0. The van der Waals surface area contributed by atoms with Gasteiger partial charge in [-0.3, -0.25) is 0 Å². The number of nitrogens with zero attached hydrogens (tertiary/aromatic N) is 1. The maximum absolute atomic E-state index is 13.7. The van der Waals surface area contributed by atoms with Crippen LogP contribution in [0, 0.1) is 23.5 Å². The summed E-state index contributed by atoms with van der Waals surface area (Å²) in [6.45, 7) is 11.5. The molecular weight excluding hydrogens is 270 g/mol. The van der Waals surface area contributed by atoms with E-state index in [9.17, 15) is 8.78 Å². The van der Waals surface area contributed by atoms with Crippen molar-refractivity contribution in [3.05, 3.63) is 35.4 Å². The minimum absolute atomic E-state index is 0.268. The molecule has 0 saturated carbocycles. The van der Waals surface area contributed by atoms with Gasteiger partial charge in [0.1, 0.15) is 0 Å². The van der Waals surface area contributed by atoms with E-state index in [1.807, 2.05) is 0 Å². The minimum Gasteiger partial charge on any atom is -0.324 e. The molecule has 1 aromatic carbocycles. The summed E-state index contributed by atoms with van der Waals surface area (Å²) in [5, 5.41) is 0. The van der Waals surface area contributed by atoms with E-state index >= 15 is 0 Å². The third kappa shape index (κ3) is 6.10. The Morgan fingerprint density at radius 1 is 1.05 bits per heavy atom. The second-order valence-electron chi connectivity index (χ2n) is 6.59. The molecule has 1 atom stereocenters. The highest BCUT2D eigenvalue weighted by atomic mass is 19.2. The fraction of sp³-hybridized carbons (Fsp3) is 0.647. The Hall–Kier alpha value is -1.00. The smallest absolute Gasteiger partial charge is 0.163 e. The first-order valence-corrected chi connectivity index (χ1v) is 7.73. The lowest BCUT2D eigenvalue weighted by atomic mass is 10.0. The van der Waals surface area contributed by atoms with Gasteiger partial charge in [-0.15, -0.1) is 0 Å². The Kier molecular flexibility index (Phi) is 7.26. The van der Waals surface area contributed by atoms with Gasteiger partial charge in [0.25, 0.3) is 0 Å². The highest BCUT2D eigenvalue weighted by Gasteiger charge is 2.17. The molecule has 0 saturated heterocycles. The maximum Gasteiger partial charge on any atom is 0.163 e. The van der Waals surface area contributed by atoms with Gasteiger partial charge < -0.3 is 10.6 Å². The van der Waals surface area contributed by atoms with Crippen molar-refractivity contribution in [3.8, 4) is 0 Å². The van der Waals surface area contributed by atoms with Gasteiger partial charge in [-0.25, -0.2) is 8.78 Å². The molecule has 0 aliphatic heterocycles. The zero-order valence-electron chi connectivity index (χ0n) is 13.6. The molecule has 0 heterocycles. The molecule has 0 fully saturated rings. The van der Waals surface area contributed by atoms with Crippen molar-refractivity contribution in [1.82, 2.24) is 4.90 Å². The summed E-state index contributed by atoms with van der Waals surface area (Å²) in [4.78, 5) is 2.35. The lowest BCUT2D eigenvalue weighted by molar-refractivity contribution is 0.212. The Labute approximate surface area is 127 Å². The second-order valence-corrected chi connectivity index (χ2v) is 6.59. The summed E-state index contributed by atoms with van der Waals surface area (Å²) in [5.41, 5.74) is 6.31. The molecular formula is C17H28F2N2. The van der Waals surface area contributed by atoms with Gasteiger partial charge in [0.05, 0.1) is 0 Å². The Morgan fingerprint density at radius 2 is 1.62 bits per heavy atom. The molecule has 0 bridgehead atoms. The summed E-state index contributed by atoms with van der Waals surface area (Å²) < 4.78 is 27.0. The molecule has 0 aromatic heterocycles. The molecule has 1 unspecified atom stereocenters. The van der Waals surface area contributed by atoms with Crippen molar-refractivity contribution in [3.63, 3.8) is 0 Å². The predicted octanol–water partition coefficient (Wildman–Crippen LogP) is 3.97. The fourth-order valence-corrected chi connectivity index (χ4v) is 2.57. The van der Waals surface area contributed by atoms with Crippen molar-refractivity contribution >= 4 is 0 Å². The van der Waals surface area contributed by atoms with Gasteiger partial charge in [-0.2, -0.15) is 0 Å². The largest absolute Gasteiger partial charge is 0.324 e. The van der Waals surface area contributed by atoms with Gasteiger partial charge in [0.2, 0.25) is 0 Å². The molecule has 1 rings (SSSR count). The third-order valence-corrected chi connectivity index (χ3v) is 3.38. The van der Waals surface area contributed by atoms with Crippen LogP contribution in [-0.4, -0.2) is 24.5 Å². The van der Waals surface area contributed by atoms with E-state index in [1.165, 1.54) is 6.07 Å². The molecule has 120 valence electrons. The molecule has 0 spiro atoms. The Morgan fingerprint density at radius 3 is 2.14 bits per heavy atom. The summed E-state index contributed by atoms with van der Waals surface area (Å²) in [7, 11) is 0. The fourth-order valence-electron chi connectivity index (χ4n) is 2.57. The highest BCUT2D eigenvalue weighted by Crippen LogP contribution is 2.20. The van der Waals surface area contributed by atoms with Gasteiger partial charge in [-0.1, -0.05) is 39.8 Å². The molecule has 21 heavy (non-hydrogen) atoms. The van der Waals surface area contributed by atoms with Crippen LogP contribution in [0.1, 0.15) is 45.7 Å². The van der Waals surface area contributed by atoms with E-state index in [4.69, 9.17) is 5.73 Å². The van der Waals surface area contributed by atoms with Crippen LogP contribution in [0.25, 0.3) is 0 Å². The first-order valence-electron chi connectivity index (χ1n) is 7.73.